The van der Waals surface area contributed by atoms with Gasteiger partial charge in [0.1, 0.15) is 0 Å². The molecule has 3 aromatic rings. The van der Waals surface area contributed by atoms with Crippen LogP contribution in [0, 0.1) is 17.8 Å². The SMILES string of the molecule is CCC(c1c(C2CC3CCC2C3)cccc1P(C1CCCCC1)C1CCCCC1)C(CC)C(CC)P(c1cccc(C(F)(F)F)c1)c1cc(C(F)(F)F)cc(C(F)(F)F)c1. The zero-order valence-corrected chi connectivity index (χ0v) is 37.0. The minimum absolute atomic E-state index is 0.0638. The lowest BCUT2D eigenvalue weighted by Gasteiger charge is -2.44. The predicted molar refractivity (Wildman–Crippen MR) is 230 cm³/mol. The first-order valence-corrected chi connectivity index (χ1v) is 25.6. The molecule has 11 heteroatoms. The second-order valence-corrected chi connectivity index (χ2v) is 23.5. The lowest BCUT2D eigenvalue weighted by Crippen LogP contribution is -2.36. The summed E-state index contributed by atoms with van der Waals surface area (Å²) in [7, 11) is -2.71. The molecule has 0 aliphatic heterocycles. The molecule has 60 heavy (non-hydrogen) atoms. The molecule has 0 aromatic heterocycles. The Labute approximate surface area is 353 Å². The number of fused-ring (bicyclic) bond motifs is 2. The monoisotopic (exact) mass is 882 g/mol. The summed E-state index contributed by atoms with van der Waals surface area (Å²) < 4.78 is 130. The molecule has 3 aromatic carbocycles. The Morgan fingerprint density at radius 1 is 0.567 bits per heavy atom. The molecule has 7 atom stereocenters. The summed E-state index contributed by atoms with van der Waals surface area (Å²) in [6.07, 6.45) is 3.83. The Morgan fingerprint density at radius 3 is 1.62 bits per heavy atom. The first-order valence-electron chi connectivity index (χ1n) is 22.7. The van der Waals surface area contributed by atoms with Gasteiger partial charge in [-0.25, -0.2) is 0 Å². The molecule has 4 aliphatic rings. The Morgan fingerprint density at radius 2 is 1.13 bits per heavy atom. The van der Waals surface area contributed by atoms with E-state index in [-0.39, 0.29) is 28.5 Å². The molecule has 0 radical (unpaired) electrons. The van der Waals surface area contributed by atoms with Crippen molar-refractivity contribution < 1.29 is 39.5 Å². The van der Waals surface area contributed by atoms with E-state index in [2.05, 4.69) is 32.0 Å². The largest absolute Gasteiger partial charge is 0.416 e. The number of rotatable bonds is 13. The van der Waals surface area contributed by atoms with Gasteiger partial charge in [-0.3, -0.25) is 0 Å². The number of hydrogen-bond acceptors (Lipinski definition) is 0. The fraction of sp³-hybridized carbons (Fsp3) is 0.633. The molecule has 7 unspecified atom stereocenters. The second kappa shape index (κ2) is 18.9. The van der Waals surface area contributed by atoms with Crippen LogP contribution in [-0.4, -0.2) is 17.0 Å². The van der Waals surface area contributed by atoms with Crippen LogP contribution >= 0.6 is 15.8 Å². The maximum atomic E-state index is 14.5. The maximum Gasteiger partial charge on any atom is 0.416 e. The molecule has 330 valence electrons. The van der Waals surface area contributed by atoms with Gasteiger partial charge in [-0.15, -0.1) is 0 Å². The summed E-state index contributed by atoms with van der Waals surface area (Å²) in [5, 5.41) is 1.45. The van der Waals surface area contributed by atoms with E-state index in [4.69, 9.17) is 0 Å². The van der Waals surface area contributed by atoms with Gasteiger partial charge in [0, 0.05) is 0 Å². The van der Waals surface area contributed by atoms with Gasteiger partial charge in [0.2, 0.25) is 0 Å². The van der Waals surface area contributed by atoms with Crippen LogP contribution in [0.4, 0.5) is 39.5 Å². The molecule has 4 aliphatic carbocycles. The summed E-state index contributed by atoms with van der Waals surface area (Å²) in [6, 6.07) is 13.4. The molecular formula is C49H61F9P2. The summed E-state index contributed by atoms with van der Waals surface area (Å²) in [6.45, 7) is 6.15. The molecule has 0 nitrogen and oxygen atoms in total. The molecule has 0 N–H and O–H groups in total. The predicted octanol–water partition coefficient (Wildman–Crippen LogP) is 15.9. The second-order valence-electron chi connectivity index (χ2n) is 18.3. The molecule has 0 spiro atoms. The third-order valence-electron chi connectivity index (χ3n) is 14.8. The van der Waals surface area contributed by atoms with Crippen LogP contribution in [0.3, 0.4) is 0 Å². The molecule has 0 heterocycles. The smallest absolute Gasteiger partial charge is 0.166 e. The van der Waals surface area contributed by atoms with Crippen molar-refractivity contribution in [3.63, 3.8) is 0 Å². The Bertz CT molecular complexity index is 1840. The van der Waals surface area contributed by atoms with Crippen molar-refractivity contribution in [3.8, 4) is 0 Å². The topological polar surface area (TPSA) is 0 Å². The molecule has 0 amide bonds. The Kier molecular flexibility index (Phi) is 14.5. The van der Waals surface area contributed by atoms with Gasteiger partial charge in [-0.1, -0.05) is 110 Å². The van der Waals surface area contributed by atoms with Crippen molar-refractivity contribution in [2.75, 3.05) is 0 Å². The van der Waals surface area contributed by atoms with Crippen molar-refractivity contribution in [3.05, 3.63) is 88.5 Å². The van der Waals surface area contributed by atoms with E-state index in [1.54, 1.807) is 0 Å². The highest BCUT2D eigenvalue weighted by Gasteiger charge is 2.46. The molecule has 2 bridgehead atoms. The van der Waals surface area contributed by atoms with E-state index >= 15 is 0 Å². The third-order valence-corrected chi connectivity index (χ3v) is 21.4. The van der Waals surface area contributed by atoms with Gasteiger partial charge in [-0.05, 0) is 170 Å². The minimum atomic E-state index is -5.09. The van der Waals surface area contributed by atoms with E-state index < -0.39 is 56.7 Å². The maximum absolute atomic E-state index is 14.5. The van der Waals surface area contributed by atoms with Crippen molar-refractivity contribution in [1.82, 2.24) is 0 Å². The highest BCUT2D eigenvalue weighted by molar-refractivity contribution is 7.73. The average Bonchev–Trinajstić information content (AvgIpc) is 3.87. The van der Waals surface area contributed by atoms with Gasteiger partial charge in [0.05, 0.1) is 16.7 Å². The summed E-state index contributed by atoms with van der Waals surface area (Å²) in [5.74, 6) is 1.41. The Balaban J connectivity index is 1.45. The average molecular weight is 883 g/mol. The van der Waals surface area contributed by atoms with Crippen LogP contribution in [-0.2, 0) is 18.5 Å². The van der Waals surface area contributed by atoms with Gasteiger partial charge in [0.25, 0.3) is 0 Å². The van der Waals surface area contributed by atoms with Crippen LogP contribution in [0.25, 0.3) is 0 Å². The normalized spacial score (nSPS) is 24.2. The van der Waals surface area contributed by atoms with E-state index in [0.717, 1.165) is 37.1 Å². The zero-order valence-electron chi connectivity index (χ0n) is 35.2. The Hall–Kier alpha value is -2.11. The van der Waals surface area contributed by atoms with Crippen molar-refractivity contribution in [2.24, 2.45) is 17.8 Å². The summed E-state index contributed by atoms with van der Waals surface area (Å²) >= 11 is 0. The zero-order chi connectivity index (χ0) is 43.0. The molecule has 4 saturated carbocycles. The highest BCUT2D eigenvalue weighted by Crippen LogP contribution is 2.61. The van der Waals surface area contributed by atoms with Gasteiger partial charge in [-0.2, -0.15) is 39.5 Å². The number of hydrogen-bond donors (Lipinski definition) is 0. The van der Waals surface area contributed by atoms with Crippen LogP contribution < -0.4 is 15.9 Å². The van der Waals surface area contributed by atoms with Crippen LogP contribution in [0.5, 0.6) is 0 Å². The molecule has 0 saturated heterocycles. The first kappa shape index (κ1) is 45.9. The number of halogens is 9. The lowest BCUT2D eigenvalue weighted by molar-refractivity contribution is -0.143. The fourth-order valence-electron chi connectivity index (χ4n) is 12.2. The van der Waals surface area contributed by atoms with Crippen LogP contribution in [0.15, 0.2) is 60.7 Å². The number of benzene rings is 3. The molecular weight excluding hydrogens is 821 g/mol. The van der Waals surface area contributed by atoms with Crippen molar-refractivity contribution in [2.45, 2.75) is 177 Å². The van der Waals surface area contributed by atoms with Gasteiger partial charge < -0.3 is 0 Å². The standard InChI is InChI=1S/C49H61F9P2/c1-4-40(44(6-3)60(38-20-13-15-33(28-38)47(50,51)52)39-29-34(48(53,54)55)27-35(30-39)49(56,57)58)41(5-2)46-42(43-26-31-23-24-32(43)25-31)21-14-22-45(46)59(36-16-9-7-10-17-36)37-18-11-8-12-19-37/h13-15,20-22,27-32,36-37,40-41,43-44H,4-12,16-19,23-26H2,1-3H3. The van der Waals surface area contributed by atoms with Crippen molar-refractivity contribution in [1.29, 1.82) is 0 Å². The van der Waals surface area contributed by atoms with Crippen LogP contribution in [0.1, 0.15) is 170 Å². The highest BCUT2D eigenvalue weighted by atomic mass is 31.1. The van der Waals surface area contributed by atoms with E-state index in [0.29, 0.717) is 41.9 Å². The number of alkyl halides is 9. The minimum Gasteiger partial charge on any atom is -0.166 e. The van der Waals surface area contributed by atoms with Crippen LogP contribution in [0.2, 0.25) is 0 Å². The third kappa shape index (κ3) is 9.83. The van der Waals surface area contributed by atoms with E-state index in [9.17, 15) is 39.5 Å². The summed E-state index contributed by atoms with van der Waals surface area (Å²) in [5.41, 5.74) is -0.311. The lowest BCUT2D eigenvalue weighted by atomic mass is 9.73. The van der Waals surface area contributed by atoms with Crippen molar-refractivity contribution >= 4 is 31.8 Å². The first-order chi connectivity index (χ1) is 28.5. The fourth-order valence-corrected chi connectivity index (χ4v) is 19.6. The van der Waals surface area contributed by atoms with E-state index in [1.807, 2.05) is 6.92 Å². The quantitative estimate of drug-likeness (QED) is 0.119. The van der Waals surface area contributed by atoms with E-state index in [1.165, 1.54) is 112 Å². The summed E-state index contributed by atoms with van der Waals surface area (Å²) in [4.78, 5) is 0. The van der Waals surface area contributed by atoms with Gasteiger partial charge >= 0.3 is 18.5 Å². The van der Waals surface area contributed by atoms with Gasteiger partial charge in [0.15, 0.2) is 0 Å². The molecule has 4 fully saturated rings. The molecule has 7 rings (SSSR count).